The Labute approximate surface area is 153 Å². The minimum Gasteiger partial charge on any atom is -0.387 e. The number of fused-ring (bicyclic) bond motifs is 1. The van der Waals surface area contributed by atoms with Crippen LogP contribution in [0.15, 0.2) is 12.7 Å². The minimum absolute atomic E-state index is 0.158. The molecule has 146 valence electrons. The molecule has 12 nitrogen and oxygen atoms in total. The summed E-state index contributed by atoms with van der Waals surface area (Å²) in [7, 11) is 0. The summed E-state index contributed by atoms with van der Waals surface area (Å²) in [5.74, 6) is -0.428. The molecular weight excluding hydrogens is 360 g/mol. The molecule has 2 aliphatic heterocycles. The van der Waals surface area contributed by atoms with E-state index in [4.69, 9.17) is 15.2 Å². The third-order valence-electron chi connectivity index (χ3n) is 4.82. The first-order chi connectivity index (χ1) is 13.0. The van der Waals surface area contributed by atoms with Crippen LogP contribution in [-0.2, 0) is 14.3 Å². The Kier molecular flexibility index (Phi) is 4.65. The van der Waals surface area contributed by atoms with Crippen LogP contribution in [0.2, 0.25) is 0 Å². The van der Waals surface area contributed by atoms with E-state index in [-0.39, 0.29) is 5.82 Å². The van der Waals surface area contributed by atoms with Gasteiger partial charge >= 0.3 is 0 Å². The topological polar surface area (TPSA) is 169 Å². The number of nitrogen functional groups attached to an aromatic ring is 1. The zero-order valence-electron chi connectivity index (χ0n) is 14.2. The number of carbonyl (C=O) groups is 1. The van der Waals surface area contributed by atoms with Crippen molar-refractivity contribution in [3.63, 3.8) is 0 Å². The van der Waals surface area contributed by atoms with E-state index in [0.717, 1.165) is 0 Å². The first-order valence-electron chi connectivity index (χ1n) is 8.48. The second-order valence-electron chi connectivity index (χ2n) is 6.44. The van der Waals surface area contributed by atoms with Gasteiger partial charge < -0.3 is 35.4 Å². The van der Waals surface area contributed by atoms with Crippen LogP contribution in [0.3, 0.4) is 0 Å². The highest BCUT2D eigenvalue weighted by Crippen LogP contribution is 2.33. The van der Waals surface area contributed by atoms with Gasteiger partial charge in [0.1, 0.15) is 30.2 Å². The maximum absolute atomic E-state index is 12.5. The number of imidazole rings is 1. The molecule has 2 aromatic heterocycles. The zero-order chi connectivity index (χ0) is 19.1. The molecule has 2 aromatic rings. The lowest BCUT2D eigenvalue weighted by Gasteiger charge is -2.30. The van der Waals surface area contributed by atoms with Crippen LogP contribution in [0.1, 0.15) is 6.23 Å². The van der Waals surface area contributed by atoms with E-state index in [0.29, 0.717) is 37.5 Å². The molecule has 2 fully saturated rings. The maximum Gasteiger partial charge on any atom is 0.254 e. The van der Waals surface area contributed by atoms with Gasteiger partial charge in [0.15, 0.2) is 23.8 Å². The number of anilines is 1. The van der Waals surface area contributed by atoms with Crippen molar-refractivity contribution in [2.75, 3.05) is 32.0 Å². The fourth-order valence-corrected chi connectivity index (χ4v) is 3.34. The summed E-state index contributed by atoms with van der Waals surface area (Å²) < 4.78 is 12.2. The van der Waals surface area contributed by atoms with Crippen LogP contribution >= 0.6 is 0 Å². The van der Waals surface area contributed by atoms with Crippen LogP contribution in [0.4, 0.5) is 5.82 Å². The van der Waals surface area contributed by atoms with Crippen LogP contribution in [-0.4, -0.2) is 96.4 Å². The largest absolute Gasteiger partial charge is 0.387 e. The average Bonchev–Trinajstić information content (AvgIpc) is 3.24. The molecule has 1 amide bonds. The lowest BCUT2D eigenvalue weighted by Crippen LogP contribution is -2.52. The van der Waals surface area contributed by atoms with E-state index in [2.05, 4.69) is 15.0 Å². The van der Waals surface area contributed by atoms with Gasteiger partial charge in [-0.3, -0.25) is 9.36 Å². The molecule has 0 radical (unpaired) electrons. The average molecular weight is 380 g/mol. The number of hydrogen-bond acceptors (Lipinski definition) is 10. The SMILES string of the molecule is Nc1ncnc2c1ncn2[C@@H]1O[C@H](C(O)C(=O)N2CCOCC2)[C@@H](O)[C@H]1O. The van der Waals surface area contributed by atoms with Gasteiger partial charge in [-0.1, -0.05) is 0 Å². The number of rotatable bonds is 3. The van der Waals surface area contributed by atoms with Gasteiger partial charge in [0.2, 0.25) is 0 Å². The Morgan fingerprint density at radius 3 is 2.70 bits per heavy atom. The fraction of sp³-hybridized carbons (Fsp3) is 0.600. The molecule has 4 rings (SSSR count). The quantitative estimate of drug-likeness (QED) is 0.438. The van der Waals surface area contributed by atoms with Crippen LogP contribution in [0, 0.1) is 0 Å². The Morgan fingerprint density at radius 1 is 1.22 bits per heavy atom. The van der Waals surface area contributed by atoms with Gasteiger partial charge in [-0.25, -0.2) is 15.0 Å². The van der Waals surface area contributed by atoms with Gasteiger partial charge in [-0.15, -0.1) is 0 Å². The fourth-order valence-electron chi connectivity index (χ4n) is 3.34. The minimum atomic E-state index is -1.63. The number of aromatic nitrogens is 4. The summed E-state index contributed by atoms with van der Waals surface area (Å²) in [6.07, 6.45) is -4.35. The Morgan fingerprint density at radius 2 is 1.96 bits per heavy atom. The molecule has 0 aliphatic carbocycles. The molecule has 0 bridgehead atoms. The number of ether oxygens (including phenoxy) is 2. The molecule has 5 atom stereocenters. The lowest BCUT2D eigenvalue weighted by atomic mass is 10.0. The number of morpholine rings is 1. The molecule has 0 saturated carbocycles. The summed E-state index contributed by atoms with van der Waals surface area (Å²) >= 11 is 0. The molecule has 4 heterocycles. The lowest BCUT2D eigenvalue weighted by molar-refractivity contribution is -0.157. The van der Waals surface area contributed by atoms with Crippen molar-refractivity contribution in [1.82, 2.24) is 24.4 Å². The highest BCUT2D eigenvalue weighted by Gasteiger charge is 2.49. The Hall–Kier alpha value is -2.38. The smallest absolute Gasteiger partial charge is 0.254 e. The van der Waals surface area contributed by atoms with Crippen molar-refractivity contribution in [1.29, 1.82) is 0 Å². The Bertz CT molecular complexity index is 839. The third-order valence-corrected chi connectivity index (χ3v) is 4.82. The highest BCUT2D eigenvalue weighted by molar-refractivity contribution is 5.82. The third kappa shape index (κ3) is 3.00. The standard InChI is InChI=1S/C15H20N6O6/c16-12-7-13(18-5-17-12)21(6-19-7)15-9(23)8(22)11(27-15)10(24)14(25)20-1-3-26-4-2-20/h5-6,8-11,15,22-24H,1-4H2,(H2,16,17,18)/t8-,9+,10?,11-,15+/m0/s1. The number of hydrogen-bond donors (Lipinski definition) is 4. The van der Waals surface area contributed by atoms with E-state index in [1.807, 2.05) is 0 Å². The number of aliphatic hydroxyl groups is 3. The summed E-state index contributed by atoms with van der Waals surface area (Å²) in [6.45, 7) is 1.43. The summed E-state index contributed by atoms with van der Waals surface area (Å²) in [5.41, 5.74) is 6.36. The first kappa shape index (κ1) is 18.0. The monoisotopic (exact) mass is 380 g/mol. The number of nitrogens with two attached hydrogens (primary N) is 1. The predicted molar refractivity (Wildman–Crippen MR) is 89.1 cm³/mol. The van der Waals surface area contributed by atoms with Crippen molar-refractivity contribution in [2.24, 2.45) is 0 Å². The van der Waals surface area contributed by atoms with Gasteiger partial charge in [-0.2, -0.15) is 0 Å². The molecule has 2 saturated heterocycles. The maximum atomic E-state index is 12.5. The predicted octanol–water partition coefficient (Wildman–Crippen LogP) is -2.75. The molecule has 5 N–H and O–H groups in total. The number of carbonyl (C=O) groups excluding carboxylic acids is 1. The van der Waals surface area contributed by atoms with Gasteiger partial charge in [-0.05, 0) is 0 Å². The first-order valence-corrected chi connectivity index (χ1v) is 8.48. The number of amides is 1. The molecule has 1 unspecified atom stereocenters. The van der Waals surface area contributed by atoms with Crippen molar-refractivity contribution in [2.45, 2.75) is 30.6 Å². The van der Waals surface area contributed by atoms with Crippen LogP contribution in [0.25, 0.3) is 11.2 Å². The summed E-state index contributed by atoms with van der Waals surface area (Å²) in [6, 6.07) is 0. The molecule has 2 aliphatic rings. The van der Waals surface area contributed by atoms with Crippen molar-refractivity contribution in [3.8, 4) is 0 Å². The van der Waals surface area contributed by atoms with Crippen molar-refractivity contribution < 1.29 is 29.6 Å². The van der Waals surface area contributed by atoms with Crippen LogP contribution < -0.4 is 5.73 Å². The molecule has 0 spiro atoms. The second-order valence-corrected chi connectivity index (χ2v) is 6.44. The highest BCUT2D eigenvalue weighted by atomic mass is 16.6. The summed E-state index contributed by atoms with van der Waals surface area (Å²) in [4.78, 5) is 25.9. The van der Waals surface area contributed by atoms with E-state index in [1.165, 1.54) is 22.1 Å². The number of aliphatic hydroxyl groups excluding tert-OH is 3. The second kappa shape index (κ2) is 6.98. The van der Waals surface area contributed by atoms with E-state index < -0.39 is 36.6 Å². The zero-order valence-corrected chi connectivity index (χ0v) is 14.2. The van der Waals surface area contributed by atoms with E-state index >= 15 is 0 Å². The van der Waals surface area contributed by atoms with Crippen molar-refractivity contribution >= 4 is 22.9 Å². The molecule has 12 heteroatoms. The van der Waals surface area contributed by atoms with Crippen LogP contribution in [0.5, 0.6) is 0 Å². The van der Waals surface area contributed by atoms with Gasteiger partial charge in [0.05, 0.1) is 19.5 Å². The van der Waals surface area contributed by atoms with E-state index in [9.17, 15) is 20.1 Å². The Balaban J connectivity index is 1.56. The van der Waals surface area contributed by atoms with Crippen molar-refractivity contribution in [3.05, 3.63) is 12.7 Å². The molecule has 0 aromatic carbocycles. The van der Waals surface area contributed by atoms with Gasteiger partial charge in [0, 0.05) is 13.1 Å². The molecule has 27 heavy (non-hydrogen) atoms. The number of nitrogens with zero attached hydrogens (tertiary/aromatic N) is 5. The normalized spacial score (nSPS) is 30.0. The summed E-state index contributed by atoms with van der Waals surface area (Å²) in [5, 5.41) is 31.2. The molecular formula is C15H20N6O6. The van der Waals surface area contributed by atoms with Gasteiger partial charge in [0.25, 0.3) is 5.91 Å². The van der Waals surface area contributed by atoms with E-state index in [1.54, 1.807) is 0 Å².